The van der Waals surface area contributed by atoms with Gasteiger partial charge in [0.1, 0.15) is 5.75 Å². The third-order valence-electron chi connectivity index (χ3n) is 5.77. The Morgan fingerprint density at radius 1 is 0.917 bits per heavy atom. The van der Waals surface area contributed by atoms with Gasteiger partial charge in [-0.15, -0.1) is 0 Å². The van der Waals surface area contributed by atoms with Gasteiger partial charge in [-0.25, -0.2) is 0 Å². The molecule has 1 aliphatic rings. The number of hydrogen-bond donors (Lipinski definition) is 3. The van der Waals surface area contributed by atoms with Crippen LogP contribution in [0, 0.1) is 0 Å². The molecule has 1 saturated heterocycles. The van der Waals surface area contributed by atoms with Crippen LogP contribution in [0.25, 0.3) is 0 Å². The Balaban J connectivity index is 1.20. The monoisotopic (exact) mass is 503 g/mol. The molecule has 1 aliphatic heterocycles. The van der Waals surface area contributed by atoms with Crippen LogP contribution in [-0.4, -0.2) is 42.8 Å². The SMILES string of the molecule is O=C(NCC1CCCO1)c1ccc(NC(=S)NC(=O)c2ccc(OCCc3ccccc3)cc2)cc1. The lowest BCUT2D eigenvalue weighted by atomic mass is 10.2. The molecule has 3 N–H and O–H groups in total. The Morgan fingerprint density at radius 3 is 2.31 bits per heavy atom. The third-order valence-corrected chi connectivity index (χ3v) is 5.97. The zero-order valence-corrected chi connectivity index (χ0v) is 20.7. The first-order valence-corrected chi connectivity index (χ1v) is 12.4. The zero-order chi connectivity index (χ0) is 25.2. The van der Waals surface area contributed by atoms with E-state index in [-0.39, 0.29) is 23.0 Å². The van der Waals surface area contributed by atoms with E-state index in [0.29, 0.717) is 35.7 Å². The van der Waals surface area contributed by atoms with Crippen molar-refractivity contribution >= 4 is 34.8 Å². The minimum Gasteiger partial charge on any atom is -0.493 e. The highest BCUT2D eigenvalue weighted by Crippen LogP contribution is 2.14. The fraction of sp³-hybridized carbons (Fsp3) is 0.250. The number of amides is 2. The van der Waals surface area contributed by atoms with Crippen molar-refractivity contribution in [2.24, 2.45) is 0 Å². The Labute approximate surface area is 216 Å². The van der Waals surface area contributed by atoms with E-state index in [1.807, 2.05) is 18.2 Å². The first kappa shape index (κ1) is 25.3. The number of thiocarbonyl (C=S) groups is 1. The minimum absolute atomic E-state index is 0.0965. The highest BCUT2D eigenvalue weighted by Gasteiger charge is 2.16. The summed E-state index contributed by atoms with van der Waals surface area (Å²) in [6.07, 6.45) is 2.91. The first-order chi connectivity index (χ1) is 17.6. The Hall–Kier alpha value is -3.75. The maximum atomic E-state index is 12.5. The van der Waals surface area contributed by atoms with Crippen molar-refractivity contribution in [1.29, 1.82) is 0 Å². The molecule has 7 nitrogen and oxygen atoms in total. The van der Waals surface area contributed by atoms with Crippen LogP contribution in [0.3, 0.4) is 0 Å². The van der Waals surface area contributed by atoms with Crippen LogP contribution < -0.4 is 20.7 Å². The number of carbonyl (C=O) groups excluding carboxylic acids is 2. The Kier molecular flexibility index (Phi) is 9.02. The second-order valence-corrected chi connectivity index (χ2v) is 8.85. The summed E-state index contributed by atoms with van der Waals surface area (Å²) >= 11 is 5.27. The molecular formula is C28H29N3O4S. The van der Waals surface area contributed by atoms with Gasteiger partial charge in [0.05, 0.1) is 12.7 Å². The van der Waals surface area contributed by atoms with E-state index in [0.717, 1.165) is 25.9 Å². The van der Waals surface area contributed by atoms with Crippen molar-refractivity contribution in [2.75, 3.05) is 25.1 Å². The average Bonchev–Trinajstić information content (AvgIpc) is 3.42. The lowest BCUT2D eigenvalue weighted by molar-refractivity contribution is 0.0857. The van der Waals surface area contributed by atoms with Crippen LogP contribution in [0.4, 0.5) is 5.69 Å². The van der Waals surface area contributed by atoms with E-state index < -0.39 is 0 Å². The van der Waals surface area contributed by atoms with E-state index in [2.05, 4.69) is 28.1 Å². The van der Waals surface area contributed by atoms with Crippen LogP contribution in [0.5, 0.6) is 5.75 Å². The number of carbonyl (C=O) groups is 2. The van der Waals surface area contributed by atoms with Crippen molar-refractivity contribution in [3.05, 3.63) is 95.6 Å². The van der Waals surface area contributed by atoms with Gasteiger partial charge in [0.25, 0.3) is 11.8 Å². The zero-order valence-electron chi connectivity index (χ0n) is 19.9. The second-order valence-electron chi connectivity index (χ2n) is 8.44. The number of benzene rings is 3. The fourth-order valence-electron chi connectivity index (χ4n) is 3.79. The largest absolute Gasteiger partial charge is 0.493 e. The molecule has 0 saturated carbocycles. The van der Waals surface area contributed by atoms with Gasteiger partial charge >= 0.3 is 0 Å². The summed E-state index contributed by atoms with van der Waals surface area (Å²) in [6.45, 7) is 1.82. The number of nitrogens with one attached hydrogen (secondary N) is 3. The molecule has 0 radical (unpaired) electrons. The number of anilines is 1. The van der Waals surface area contributed by atoms with Crippen LogP contribution in [0.15, 0.2) is 78.9 Å². The van der Waals surface area contributed by atoms with Crippen LogP contribution in [0.2, 0.25) is 0 Å². The average molecular weight is 504 g/mol. The number of rotatable bonds is 9. The molecule has 8 heteroatoms. The normalized spacial score (nSPS) is 14.6. The number of ether oxygens (including phenoxy) is 2. The summed E-state index contributed by atoms with van der Waals surface area (Å²) in [5.41, 5.74) is 2.88. The van der Waals surface area contributed by atoms with Crippen LogP contribution in [-0.2, 0) is 11.2 Å². The molecule has 1 fully saturated rings. The lowest BCUT2D eigenvalue weighted by Crippen LogP contribution is -2.34. The number of hydrogen-bond acceptors (Lipinski definition) is 5. The molecule has 1 unspecified atom stereocenters. The van der Waals surface area contributed by atoms with E-state index in [9.17, 15) is 9.59 Å². The quantitative estimate of drug-likeness (QED) is 0.377. The van der Waals surface area contributed by atoms with Gasteiger partial charge in [0.2, 0.25) is 0 Å². The standard InChI is InChI=1S/C28H29N3O4S/c32-26(29-19-25-7-4-17-34-25)21-8-12-23(13-9-21)30-28(36)31-27(33)22-10-14-24(15-11-22)35-18-16-20-5-2-1-3-6-20/h1-3,5-6,8-15,25H,4,7,16-19H2,(H,29,32)(H2,30,31,33,36). The van der Waals surface area contributed by atoms with Gasteiger partial charge in [-0.2, -0.15) is 0 Å². The maximum absolute atomic E-state index is 12.5. The van der Waals surface area contributed by atoms with E-state index in [4.69, 9.17) is 21.7 Å². The van der Waals surface area contributed by atoms with Crippen molar-refractivity contribution in [2.45, 2.75) is 25.4 Å². The molecule has 1 atom stereocenters. The molecule has 4 rings (SSSR count). The van der Waals surface area contributed by atoms with E-state index >= 15 is 0 Å². The molecular weight excluding hydrogens is 474 g/mol. The van der Waals surface area contributed by atoms with Crippen molar-refractivity contribution in [3.8, 4) is 5.75 Å². The van der Waals surface area contributed by atoms with Gasteiger partial charge in [-0.3, -0.25) is 14.9 Å². The Bertz CT molecular complexity index is 1160. The van der Waals surface area contributed by atoms with Gasteiger partial charge < -0.3 is 20.1 Å². The molecule has 2 amide bonds. The van der Waals surface area contributed by atoms with Crippen molar-refractivity contribution in [3.63, 3.8) is 0 Å². The Morgan fingerprint density at radius 2 is 1.61 bits per heavy atom. The van der Waals surface area contributed by atoms with Gasteiger partial charge in [0.15, 0.2) is 5.11 Å². The summed E-state index contributed by atoms with van der Waals surface area (Å²) in [5.74, 6) is 0.219. The molecule has 36 heavy (non-hydrogen) atoms. The molecule has 0 spiro atoms. The maximum Gasteiger partial charge on any atom is 0.257 e. The van der Waals surface area contributed by atoms with Crippen LogP contribution >= 0.6 is 12.2 Å². The first-order valence-electron chi connectivity index (χ1n) is 12.0. The van der Waals surface area contributed by atoms with Crippen molar-refractivity contribution < 1.29 is 19.1 Å². The fourth-order valence-corrected chi connectivity index (χ4v) is 4.00. The molecule has 3 aromatic rings. The molecule has 0 aliphatic carbocycles. The van der Waals surface area contributed by atoms with E-state index in [1.165, 1.54) is 5.56 Å². The summed E-state index contributed by atoms with van der Waals surface area (Å²) in [5, 5.41) is 8.69. The van der Waals surface area contributed by atoms with Crippen molar-refractivity contribution in [1.82, 2.24) is 10.6 Å². The molecule has 0 bridgehead atoms. The molecule has 186 valence electrons. The highest BCUT2D eigenvalue weighted by atomic mass is 32.1. The smallest absolute Gasteiger partial charge is 0.257 e. The molecule has 0 aromatic heterocycles. The summed E-state index contributed by atoms with van der Waals surface area (Å²) < 4.78 is 11.3. The summed E-state index contributed by atoms with van der Waals surface area (Å²) in [7, 11) is 0. The van der Waals surface area contributed by atoms with Gasteiger partial charge in [-0.1, -0.05) is 30.3 Å². The lowest BCUT2D eigenvalue weighted by Gasteiger charge is -2.12. The predicted molar refractivity (Wildman–Crippen MR) is 144 cm³/mol. The molecule has 1 heterocycles. The summed E-state index contributed by atoms with van der Waals surface area (Å²) in [4.78, 5) is 24.8. The third kappa shape index (κ3) is 7.63. The van der Waals surface area contributed by atoms with Gasteiger partial charge in [-0.05, 0) is 79.2 Å². The summed E-state index contributed by atoms with van der Waals surface area (Å²) in [6, 6.07) is 23.9. The van der Waals surface area contributed by atoms with E-state index in [1.54, 1.807) is 48.5 Å². The molecule has 3 aromatic carbocycles. The van der Waals surface area contributed by atoms with Crippen LogP contribution in [0.1, 0.15) is 39.1 Å². The minimum atomic E-state index is -0.325. The topological polar surface area (TPSA) is 88.7 Å². The second kappa shape index (κ2) is 12.8. The highest BCUT2D eigenvalue weighted by molar-refractivity contribution is 7.80. The van der Waals surface area contributed by atoms with Gasteiger partial charge in [0, 0.05) is 36.4 Å². The predicted octanol–water partition coefficient (Wildman–Crippen LogP) is 4.34.